The van der Waals surface area contributed by atoms with Crippen LogP contribution in [0.1, 0.15) is 11.4 Å². The van der Waals surface area contributed by atoms with Crippen LogP contribution < -0.4 is 15.0 Å². The van der Waals surface area contributed by atoms with Crippen LogP contribution >= 0.6 is 0 Å². The molecule has 0 spiro atoms. The van der Waals surface area contributed by atoms with Crippen molar-refractivity contribution in [3.63, 3.8) is 0 Å². The van der Waals surface area contributed by atoms with Gasteiger partial charge in [-0.1, -0.05) is 19.6 Å². The third kappa shape index (κ3) is 6.15. The first-order valence-corrected chi connectivity index (χ1v) is 16.7. The number of aromatic nitrogens is 6. The molecule has 1 aliphatic rings. The number of anilines is 2. The van der Waals surface area contributed by atoms with Crippen LogP contribution in [0.5, 0.6) is 5.75 Å². The van der Waals surface area contributed by atoms with E-state index in [1.54, 1.807) is 12.0 Å². The fraction of sp³-hybridized carbons (Fsp3) is 0.520. The van der Waals surface area contributed by atoms with Crippen molar-refractivity contribution in [3.05, 3.63) is 35.8 Å². The summed E-state index contributed by atoms with van der Waals surface area (Å²) in [6.07, 6.45) is -3.85. The minimum Gasteiger partial charge on any atom is -0.497 e. The summed E-state index contributed by atoms with van der Waals surface area (Å²) in [5.41, 5.74) is 0.318. The molecule has 4 aromatic rings. The van der Waals surface area contributed by atoms with Crippen LogP contribution in [-0.4, -0.2) is 77.2 Å². The van der Waals surface area contributed by atoms with Gasteiger partial charge in [-0.25, -0.2) is 4.98 Å². The molecule has 40 heavy (non-hydrogen) atoms. The van der Waals surface area contributed by atoms with Gasteiger partial charge in [0, 0.05) is 33.8 Å². The Bertz CT molecular complexity index is 1480. The number of methoxy groups -OCH3 is 1. The summed E-state index contributed by atoms with van der Waals surface area (Å²) >= 11 is 0. The first kappa shape index (κ1) is 28.1. The molecule has 216 valence electrons. The van der Waals surface area contributed by atoms with Crippen molar-refractivity contribution in [2.24, 2.45) is 0 Å². The van der Waals surface area contributed by atoms with E-state index in [2.05, 4.69) is 40.0 Å². The Balaban J connectivity index is 1.48. The molecule has 1 aliphatic heterocycles. The molecule has 15 heteroatoms. The highest BCUT2D eigenvalue weighted by Gasteiger charge is 2.36. The summed E-state index contributed by atoms with van der Waals surface area (Å²) < 4.78 is 61.1. The molecule has 0 atom stereocenters. The van der Waals surface area contributed by atoms with Gasteiger partial charge in [0.25, 0.3) is 0 Å². The zero-order valence-electron chi connectivity index (χ0n) is 23.0. The molecular weight excluding hydrogens is 545 g/mol. The Morgan fingerprint density at radius 1 is 1.10 bits per heavy atom. The lowest BCUT2D eigenvalue weighted by molar-refractivity contribution is -0.136. The van der Waals surface area contributed by atoms with Crippen molar-refractivity contribution >= 4 is 36.7 Å². The average molecular weight is 579 g/mol. The van der Waals surface area contributed by atoms with E-state index >= 15 is 0 Å². The van der Waals surface area contributed by atoms with Gasteiger partial charge in [0.1, 0.15) is 23.9 Å². The van der Waals surface area contributed by atoms with Crippen molar-refractivity contribution < 1.29 is 27.4 Å². The number of nitrogens with zero attached hydrogens (tertiary/aromatic N) is 7. The summed E-state index contributed by atoms with van der Waals surface area (Å²) in [5, 5.41) is 7.11. The van der Waals surface area contributed by atoms with Gasteiger partial charge < -0.3 is 29.0 Å². The number of halogens is 3. The quantitative estimate of drug-likeness (QED) is 0.218. The molecule has 1 aromatic carbocycles. The zero-order chi connectivity index (χ0) is 28.5. The van der Waals surface area contributed by atoms with Crippen LogP contribution in [-0.2, 0) is 28.9 Å². The highest BCUT2D eigenvalue weighted by Crippen LogP contribution is 2.33. The topological polar surface area (TPSA) is 104 Å². The second-order valence-electron chi connectivity index (χ2n) is 10.8. The molecule has 4 heterocycles. The molecule has 0 aliphatic carbocycles. The number of hydrogen-bond acceptors (Lipinski definition) is 9. The Morgan fingerprint density at radius 3 is 2.58 bits per heavy atom. The van der Waals surface area contributed by atoms with Gasteiger partial charge in [-0.3, -0.25) is 0 Å². The molecule has 0 saturated carbocycles. The van der Waals surface area contributed by atoms with Gasteiger partial charge in [0.05, 0.1) is 44.1 Å². The number of alkyl halides is 3. The van der Waals surface area contributed by atoms with Crippen LogP contribution in [0.4, 0.5) is 25.1 Å². The molecule has 11 nitrogen and oxygen atoms in total. The van der Waals surface area contributed by atoms with Crippen LogP contribution in [0.2, 0.25) is 25.7 Å². The van der Waals surface area contributed by atoms with Crippen molar-refractivity contribution in [2.75, 3.05) is 50.2 Å². The van der Waals surface area contributed by atoms with Crippen LogP contribution in [0.3, 0.4) is 0 Å². The van der Waals surface area contributed by atoms with Crippen LogP contribution in [0, 0.1) is 0 Å². The Labute approximate surface area is 230 Å². The smallest absolute Gasteiger partial charge is 0.421 e. The number of nitrogens with one attached hydrogen (secondary N) is 1. The molecule has 1 saturated heterocycles. The number of morpholine rings is 1. The fourth-order valence-electron chi connectivity index (χ4n) is 4.34. The van der Waals surface area contributed by atoms with Crippen molar-refractivity contribution in [3.8, 4) is 5.75 Å². The molecule has 5 rings (SSSR count). The summed E-state index contributed by atoms with van der Waals surface area (Å²) in [4.78, 5) is 15.3. The zero-order valence-corrected chi connectivity index (χ0v) is 24.0. The molecular formula is C25H33F3N8O3Si. The van der Waals surface area contributed by atoms with E-state index in [0.717, 1.165) is 27.8 Å². The second kappa shape index (κ2) is 11.2. The fourth-order valence-corrected chi connectivity index (χ4v) is 5.09. The van der Waals surface area contributed by atoms with E-state index in [1.807, 2.05) is 22.8 Å². The van der Waals surface area contributed by atoms with Crippen LogP contribution in [0.15, 0.2) is 24.4 Å². The van der Waals surface area contributed by atoms with E-state index in [1.165, 1.54) is 0 Å². The standard InChI is InChI=1S/C25H33F3N8O3Si/c1-37-17-5-6-19-20(13-17)35(16-39-11-12-40(2,3)4)21(31-19)15-29-23-33-24(34-7-9-38-10-8-34)32-22-18(25(26,27)28)14-30-36(22)23/h5-6,13-14H,7-12,15-16H2,1-4H3,(H,29,32,33). The maximum atomic E-state index is 13.8. The Kier molecular flexibility index (Phi) is 7.88. The van der Waals surface area contributed by atoms with Gasteiger partial charge in [0.2, 0.25) is 11.9 Å². The number of fused-ring (bicyclic) bond motifs is 2. The molecule has 1 fully saturated rings. The van der Waals surface area contributed by atoms with E-state index in [0.29, 0.717) is 44.5 Å². The summed E-state index contributed by atoms with van der Waals surface area (Å²) in [7, 11) is 0.322. The molecule has 0 unspecified atom stereocenters. The van der Waals surface area contributed by atoms with Gasteiger partial charge in [-0.2, -0.15) is 32.8 Å². The molecule has 0 bridgehead atoms. The monoisotopic (exact) mass is 578 g/mol. The van der Waals surface area contributed by atoms with Gasteiger partial charge in [-0.15, -0.1) is 0 Å². The molecule has 0 amide bonds. The molecule has 1 N–H and O–H groups in total. The number of hydrogen-bond donors (Lipinski definition) is 1. The minimum absolute atomic E-state index is 0.123. The van der Waals surface area contributed by atoms with Gasteiger partial charge in [-0.05, 0) is 18.2 Å². The maximum absolute atomic E-state index is 13.8. The highest BCUT2D eigenvalue weighted by molar-refractivity contribution is 6.76. The lowest BCUT2D eigenvalue weighted by atomic mass is 10.3. The van der Waals surface area contributed by atoms with E-state index < -0.39 is 19.8 Å². The second-order valence-corrected chi connectivity index (χ2v) is 16.4. The average Bonchev–Trinajstić information content (AvgIpc) is 3.51. The lowest BCUT2D eigenvalue weighted by Crippen LogP contribution is -2.37. The van der Waals surface area contributed by atoms with Crippen molar-refractivity contribution in [1.29, 1.82) is 0 Å². The van der Waals surface area contributed by atoms with Crippen molar-refractivity contribution in [1.82, 2.24) is 29.1 Å². The summed E-state index contributed by atoms with van der Waals surface area (Å²) in [6.45, 7) is 9.72. The normalized spacial score (nSPS) is 14.8. The van der Waals surface area contributed by atoms with Gasteiger partial charge >= 0.3 is 6.18 Å². The van der Waals surface area contributed by atoms with E-state index in [-0.39, 0.29) is 30.8 Å². The Hall–Kier alpha value is -3.43. The van der Waals surface area contributed by atoms with Crippen molar-refractivity contribution in [2.45, 2.75) is 45.1 Å². The predicted molar refractivity (Wildman–Crippen MR) is 147 cm³/mol. The maximum Gasteiger partial charge on any atom is 0.421 e. The van der Waals surface area contributed by atoms with E-state index in [9.17, 15) is 13.2 Å². The predicted octanol–water partition coefficient (Wildman–Crippen LogP) is 4.26. The third-order valence-electron chi connectivity index (χ3n) is 6.61. The molecule has 0 radical (unpaired) electrons. The SMILES string of the molecule is COc1ccc2nc(CNc3nc(N4CCOCC4)nc4c(C(F)(F)F)cnn34)n(COCC[Si](C)(C)C)c2c1. The lowest BCUT2D eigenvalue weighted by Gasteiger charge is -2.27. The van der Waals surface area contributed by atoms with Crippen LogP contribution in [0.25, 0.3) is 16.7 Å². The summed E-state index contributed by atoms with van der Waals surface area (Å²) in [5.74, 6) is 1.60. The van der Waals surface area contributed by atoms with Gasteiger partial charge in [0.15, 0.2) is 5.65 Å². The largest absolute Gasteiger partial charge is 0.497 e. The number of ether oxygens (including phenoxy) is 3. The molecule has 3 aromatic heterocycles. The number of rotatable bonds is 10. The van der Waals surface area contributed by atoms with E-state index in [4.69, 9.17) is 19.2 Å². The third-order valence-corrected chi connectivity index (χ3v) is 8.32. The number of imidazole rings is 1. The highest BCUT2D eigenvalue weighted by atomic mass is 28.3. The first-order valence-electron chi connectivity index (χ1n) is 13.0. The first-order chi connectivity index (χ1) is 19.0. The number of benzene rings is 1. The minimum atomic E-state index is -4.62. The Morgan fingerprint density at radius 2 is 1.88 bits per heavy atom. The summed E-state index contributed by atoms with van der Waals surface area (Å²) in [6, 6.07) is 6.59.